The van der Waals surface area contributed by atoms with Gasteiger partial charge in [0.1, 0.15) is 5.75 Å². The molecule has 140 valence electrons. The van der Waals surface area contributed by atoms with E-state index in [1.54, 1.807) is 11.9 Å². The Morgan fingerprint density at radius 1 is 1.07 bits per heavy atom. The molecule has 2 aromatic rings. The summed E-state index contributed by atoms with van der Waals surface area (Å²) in [6, 6.07) is 15.9. The first kappa shape index (κ1) is 19.2. The number of hydrogen-bond donors (Lipinski definition) is 0. The topological polar surface area (TPSA) is 41.9 Å². The third-order valence-corrected chi connectivity index (χ3v) is 5.28. The minimum atomic E-state index is -0.0322. The highest BCUT2D eigenvalue weighted by atomic mass is 32.2. The van der Waals surface area contributed by atoms with Crippen molar-refractivity contribution in [3.63, 3.8) is 0 Å². The van der Waals surface area contributed by atoms with Gasteiger partial charge in [-0.3, -0.25) is 9.69 Å². The van der Waals surface area contributed by atoms with Crippen LogP contribution >= 0.6 is 11.8 Å². The van der Waals surface area contributed by atoms with Gasteiger partial charge >= 0.3 is 0 Å². The first-order chi connectivity index (χ1) is 13.1. The zero-order valence-electron chi connectivity index (χ0n) is 15.9. The van der Waals surface area contributed by atoms with Gasteiger partial charge in [-0.25, -0.2) is 4.99 Å². The molecule has 3 rings (SSSR count). The van der Waals surface area contributed by atoms with Gasteiger partial charge < -0.3 is 4.74 Å². The van der Waals surface area contributed by atoms with Crippen LogP contribution in [0.15, 0.2) is 58.4 Å². The third kappa shape index (κ3) is 4.80. The minimum absolute atomic E-state index is 0.0322. The molecule has 1 amide bonds. The van der Waals surface area contributed by atoms with Crippen LogP contribution in [-0.4, -0.2) is 29.6 Å². The highest BCUT2D eigenvalue weighted by molar-refractivity contribution is 8.18. The summed E-state index contributed by atoms with van der Waals surface area (Å²) in [6.07, 6.45) is 3.88. The molecule has 0 bridgehead atoms. The van der Waals surface area contributed by atoms with E-state index in [2.05, 4.69) is 31.0 Å². The largest absolute Gasteiger partial charge is 0.494 e. The standard InChI is InChI=1S/C22H24N2O2S/c1-4-14-26-19-12-8-17(9-13-19)15-20-21(25)24(3)22(27-20)23-18-10-6-16(5-2)7-11-18/h6-13,15H,4-5,14H2,1-3H3/b20-15+,23-22?. The molecule has 0 atom stereocenters. The van der Waals surface area contributed by atoms with E-state index < -0.39 is 0 Å². The molecule has 1 aliphatic heterocycles. The zero-order chi connectivity index (χ0) is 19.2. The Labute approximate surface area is 164 Å². The zero-order valence-corrected chi connectivity index (χ0v) is 16.8. The molecule has 0 N–H and O–H groups in total. The monoisotopic (exact) mass is 380 g/mol. The number of carbonyl (C=O) groups is 1. The van der Waals surface area contributed by atoms with Gasteiger partial charge in [0, 0.05) is 7.05 Å². The highest BCUT2D eigenvalue weighted by Gasteiger charge is 2.30. The van der Waals surface area contributed by atoms with Crippen LogP contribution in [0.25, 0.3) is 6.08 Å². The van der Waals surface area contributed by atoms with E-state index in [0.717, 1.165) is 29.8 Å². The van der Waals surface area contributed by atoms with Crippen LogP contribution in [0, 0.1) is 0 Å². The molecule has 0 radical (unpaired) electrons. The number of hydrogen-bond acceptors (Lipinski definition) is 4. The molecular weight excluding hydrogens is 356 g/mol. The molecule has 2 aromatic carbocycles. The van der Waals surface area contributed by atoms with Crippen LogP contribution < -0.4 is 4.74 Å². The summed E-state index contributed by atoms with van der Waals surface area (Å²) in [5, 5.41) is 0.693. The average Bonchev–Trinajstić information content (AvgIpc) is 2.96. The van der Waals surface area contributed by atoms with Crippen molar-refractivity contribution >= 4 is 34.6 Å². The first-order valence-corrected chi connectivity index (χ1v) is 10.0. The third-order valence-electron chi connectivity index (χ3n) is 4.22. The van der Waals surface area contributed by atoms with Crippen LogP contribution in [0.2, 0.25) is 0 Å². The molecule has 0 aliphatic carbocycles. The van der Waals surface area contributed by atoms with E-state index in [1.807, 2.05) is 42.5 Å². The van der Waals surface area contributed by atoms with Crippen molar-refractivity contribution in [2.45, 2.75) is 26.7 Å². The summed E-state index contributed by atoms with van der Waals surface area (Å²) in [6.45, 7) is 4.91. The quantitative estimate of drug-likeness (QED) is 0.641. The van der Waals surface area contributed by atoms with Crippen molar-refractivity contribution < 1.29 is 9.53 Å². The molecule has 5 heteroatoms. The number of rotatable bonds is 6. The van der Waals surface area contributed by atoms with Gasteiger partial charge in [0.05, 0.1) is 17.2 Å². The maximum atomic E-state index is 12.6. The number of nitrogens with zero attached hydrogens (tertiary/aromatic N) is 2. The SMILES string of the molecule is CCCOc1ccc(/C=C2/SC(=Nc3ccc(CC)cc3)N(C)C2=O)cc1. The van der Waals surface area contributed by atoms with E-state index >= 15 is 0 Å². The van der Waals surface area contributed by atoms with E-state index in [9.17, 15) is 4.79 Å². The van der Waals surface area contributed by atoms with Crippen LogP contribution in [0.5, 0.6) is 5.75 Å². The number of aryl methyl sites for hydroxylation is 1. The predicted octanol–water partition coefficient (Wildman–Crippen LogP) is 5.27. The number of benzene rings is 2. The molecule has 1 fully saturated rings. The molecule has 27 heavy (non-hydrogen) atoms. The van der Waals surface area contributed by atoms with Gasteiger partial charge in [0.2, 0.25) is 0 Å². The molecule has 1 heterocycles. The lowest BCUT2D eigenvalue weighted by atomic mass is 10.2. The Morgan fingerprint density at radius 3 is 2.41 bits per heavy atom. The van der Waals surface area contributed by atoms with E-state index in [-0.39, 0.29) is 5.91 Å². The predicted molar refractivity (Wildman–Crippen MR) is 113 cm³/mol. The Hall–Kier alpha value is -2.53. The Kier molecular flexibility index (Phi) is 6.35. The maximum Gasteiger partial charge on any atom is 0.266 e. The lowest BCUT2D eigenvalue weighted by Crippen LogP contribution is -2.23. The number of aliphatic imine (C=N–C) groups is 1. The lowest BCUT2D eigenvalue weighted by molar-refractivity contribution is -0.121. The maximum absolute atomic E-state index is 12.6. The molecule has 1 saturated heterocycles. The van der Waals surface area contributed by atoms with Crippen molar-refractivity contribution in [2.75, 3.05) is 13.7 Å². The second-order valence-electron chi connectivity index (χ2n) is 6.31. The fraction of sp³-hybridized carbons (Fsp3) is 0.273. The van der Waals surface area contributed by atoms with Gasteiger partial charge in [-0.05, 0) is 66.1 Å². The summed E-state index contributed by atoms with van der Waals surface area (Å²) in [4.78, 5) is 19.4. The number of thioether (sulfide) groups is 1. The summed E-state index contributed by atoms with van der Waals surface area (Å²) < 4.78 is 5.60. The van der Waals surface area contributed by atoms with Crippen LogP contribution in [0.3, 0.4) is 0 Å². The Morgan fingerprint density at radius 2 is 1.78 bits per heavy atom. The summed E-state index contributed by atoms with van der Waals surface area (Å²) in [5.74, 6) is 0.814. The summed E-state index contributed by atoms with van der Waals surface area (Å²) >= 11 is 1.40. The number of likely N-dealkylation sites (N-methyl/N-ethyl adjacent to an activating group) is 1. The second kappa shape index (κ2) is 8.91. The van der Waals surface area contributed by atoms with E-state index in [4.69, 9.17) is 4.74 Å². The number of amides is 1. The normalized spacial score (nSPS) is 17.1. The van der Waals surface area contributed by atoms with Gasteiger partial charge in [0.25, 0.3) is 5.91 Å². The number of ether oxygens (including phenoxy) is 1. The van der Waals surface area contributed by atoms with E-state index in [0.29, 0.717) is 16.7 Å². The summed E-state index contributed by atoms with van der Waals surface area (Å²) in [5.41, 5.74) is 3.10. The van der Waals surface area contributed by atoms with Crippen LogP contribution in [0.4, 0.5) is 5.69 Å². The highest BCUT2D eigenvalue weighted by Crippen LogP contribution is 2.33. The smallest absolute Gasteiger partial charge is 0.266 e. The molecule has 4 nitrogen and oxygen atoms in total. The van der Waals surface area contributed by atoms with Gasteiger partial charge in [0.15, 0.2) is 5.17 Å². The van der Waals surface area contributed by atoms with Crippen molar-refractivity contribution in [1.29, 1.82) is 0 Å². The van der Waals surface area contributed by atoms with Crippen molar-refractivity contribution in [3.05, 3.63) is 64.6 Å². The van der Waals surface area contributed by atoms with Crippen molar-refractivity contribution in [2.24, 2.45) is 4.99 Å². The van der Waals surface area contributed by atoms with Crippen molar-refractivity contribution in [3.8, 4) is 5.75 Å². The molecular formula is C22H24N2O2S. The number of amidine groups is 1. The van der Waals surface area contributed by atoms with Crippen LogP contribution in [-0.2, 0) is 11.2 Å². The first-order valence-electron chi connectivity index (χ1n) is 9.18. The number of carbonyl (C=O) groups excluding carboxylic acids is 1. The molecule has 0 spiro atoms. The average molecular weight is 381 g/mol. The minimum Gasteiger partial charge on any atom is -0.494 e. The van der Waals surface area contributed by atoms with Gasteiger partial charge in [-0.2, -0.15) is 0 Å². The molecule has 0 aromatic heterocycles. The van der Waals surface area contributed by atoms with Crippen molar-refractivity contribution in [1.82, 2.24) is 4.90 Å². The Bertz CT molecular complexity index is 855. The summed E-state index contributed by atoms with van der Waals surface area (Å²) in [7, 11) is 1.76. The van der Waals surface area contributed by atoms with Crippen LogP contribution in [0.1, 0.15) is 31.4 Å². The lowest BCUT2D eigenvalue weighted by Gasteiger charge is -2.07. The molecule has 1 aliphatic rings. The second-order valence-corrected chi connectivity index (χ2v) is 7.32. The fourth-order valence-electron chi connectivity index (χ4n) is 2.60. The molecule has 0 unspecified atom stereocenters. The van der Waals surface area contributed by atoms with Gasteiger partial charge in [-0.15, -0.1) is 0 Å². The Balaban J connectivity index is 1.76. The van der Waals surface area contributed by atoms with E-state index in [1.165, 1.54) is 17.3 Å². The van der Waals surface area contributed by atoms with Gasteiger partial charge in [-0.1, -0.05) is 38.1 Å². The fourth-order valence-corrected chi connectivity index (χ4v) is 3.59. The molecule has 0 saturated carbocycles.